The lowest BCUT2D eigenvalue weighted by molar-refractivity contribution is -0.133. The number of benzene rings is 2. The first-order valence-corrected chi connectivity index (χ1v) is 6.51. The molecule has 2 rings (SSSR count). The van der Waals surface area contributed by atoms with Crippen LogP contribution >= 0.6 is 0 Å². The minimum atomic E-state index is -1.04. The second kappa shape index (κ2) is 6.34. The van der Waals surface area contributed by atoms with Gasteiger partial charge in [0.25, 0.3) is 0 Å². The highest BCUT2D eigenvalue weighted by Crippen LogP contribution is 2.16. The zero-order valence-corrected chi connectivity index (χ0v) is 12.0. The van der Waals surface area contributed by atoms with Gasteiger partial charge in [-0.15, -0.1) is 0 Å². The average molecular weight is 304 g/mol. The molecule has 0 radical (unpaired) electrons. The van der Waals surface area contributed by atoms with Gasteiger partial charge >= 0.3 is 11.8 Å². The van der Waals surface area contributed by atoms with Crippen molar-refractivity contribution in [1.82, 2.24) is 0 Å². The van der Waals surface area contributed by atoms with Gasteiger partial charge in [-0.2, -0.15) is 0 Å². The number of amides is 2. The summed E-state index contributed by atoms with van der Waals surface area (Å²) in [7, 11) is 0. The normalized spacial score (nSPS) is 10.2. The number of aryl methyl sites for hydroxylation is 2. The van der Waals surface area contributed by atoms with Gasteiger partial charge in [-0.25, -0.2) is 8.78 Å². The molecule has 0 aliphatic rings. The van der Waals surface area contributed by atoms with Gasteiger partial charge in [0.2, 0.25) is 0 Å². The van der Waals surface area contributed by atoms with E-state index < -0.39 is 23.4 Å². The molecule has 0 saturated heterocycles. The molecular weight excluding hydrogens is 290 g/mol. The molecular formula is C16H14F2N2O2. The second-order valence-electron chi connectivity index (χ2n) is 4.83. The van der Waals surface area contributed by atoms with Crippen LogP contribution in [0.4, 0.5) is 20.2 Å². The first-order valence-electron chi connectivity index (χ1n) is 6.51. The Hall–Kier alpha value is -2.76. The lowest BCUT2D eigenvalue weighted by Gasteiger charge is -2.09. The van der Waals surface area contributed by atoms with Gasteiger partial charge in [0.05, 0.1) is 5.69 Å². The molecule has 0 fully saturated rings. The fourth-order valence-corrected chi connectivity index (χ4v) is 1.78. The molecule has 0 spiro atoms. The number of hydrogen-bond donors (Lipinski definition) is 2. The van der Waals surface area contributed by atoms with E-state index in [1.807, 2.05) is 19.9 Å². The lowest BCUT2D eigenvalue weighted by Crippen LogP contribution is -2.29. The maximum atomic E-state index is 13.4. The minimum absolute atomic E-state index is 0.262. The second-order valence-corrected chi connectivity index (χ2v) is 4.83. The van der Waals surface area contributed by atoms with Crippen LogP contribution in [0, 0.1) is 25.5 Å². The van der Waals surface area contributed by atoms with Crippen LogP contribution in [0.1, 0.15) is 11.1 Å². The van der Waals surface area contributed by atoms with Gasteiger partial charge in [0.1, 0.15) is 11.6 Å². The molecule has 0 saturated carbocycles. The average Bonchev–Trinajstić information content (AvgIpc) is 2.45. The van der Waals surface area contributed by atoms with Crippen LogP contribution in [-0.2, 0) is 9.59 Å². The van der Waals surface area contributed by atoms with Crippen LogP contribution in [0.5, 0.6) is 0 Å². The largest absolute Gasteiger partial charge is 0.318 e. The Balaban J connectivity index is 2.05. The van der Waals surface area contributed by atoms with E-state index in [1.165, 1.54) is 0 Å². The van der Waals surface area contributed by atoms with Crippen LogP contribution < -0.4 is 10.6 Å². The summed E-state index contributed by atoms with van der Waals surface area (Å²) >= 11 is 0. The lowest BCUT2D eigenvalue weighted by atomic mass is 10.1. The predicted molar refractivity (Wildman–Crippen MR) is 79.5 cm³/mol. The summed E-state index contributed by atoms with van der Waals surface area (Å²) in [6, 6.07) is 7.84. The molecule has 0 atom stereocenters. The monoisotopic (exact) mass is 304 g/mol. The summed E-state index contributed by atoms with van der Waals surface area (Å²) in [5.41, 5.74) is 2.21. The molecule has 0 unspecified atom stereocenters. The third kappa shape index (κ3) is 3.66. The summed E-state index contributed by atoms with van der Waals surface area (Å²) in [5, 5.41) is 4.50. The van der Waals surface area contributed by atoms with Gasteiger partial charge in [0, 0.05) is 11.8 Å². The fourth-order valence-electron chi connectivity index (χ4n) is 1.78. The highest BCUT2D eigenvalue weighted by Gasteiger charge is 2.16. The molecule has 2 amide bonds. The van der Waals surface area contributed by atoms with Crippen LogP contribution in [0.2, 0.25) is 0 Å². The first-order chi connectivity index (χ1) is 10.4. The number of carbonyl (C=O) groups is 2. The number of hydrogen-bond acceptors (Lipinski definition) is 2. The smallest absolute Gasteiger partial charge is 0.314 e. The predicted octanol–water partition coefficient (Wildman–Crippen LogP) is 3.16. The molecule has 0 aromatic heterocycles. The van der Waals surface area contributed by atoms with Crippen LogP contribution in [0.3, 0.4) is 0 Å². The third-order valence-corrected chi connectivity index (χ3v) is 3.15. The van der Waals surface area contributed by atoms with Gasteiger partial charge < -0.3 is 10.6 Å². The van der Waals surface area contributed by atoms with Crippen molar-refractivity contribution in [2.75, 3.05) is 10.6 Å². The van der Waals surface area contributed by atoms with Gasteiger partial charge in [-0.3, -0.25) is 9.59 Å². The molecule has 114 valence electrons. The van der Waals surface area contributed by atoms with Crippen LogP contribution in [-0.4, -0.2) is 11.8 Å². The van der Waals surface area contributed by atoms with Crippen molar-refractivity contribution in [3.8, 4) is 0 Å². The summed E-state index contributed by atoms with van der Waals surface area (Å²) in [5.74, 6) is -3.70. The molecule has 22 heavy (non-hydrogen) atoms. The highest BCUT2D eigenvalue weighted by atomic mass is 19.1. The molecule has 0 bridgehead atoms. The molecule has 6 heteroatoms. The van der Waals surface area contributed by atoms with Crippen molar-refractivity contribution < 1.29 is 18.4 Å². The van der Waals surface area contributed by atoms with E-state index in [1.54, 1.807) is 12.1 Å². The third-order valence-electron chi connectivity index (χ3n) is 3.15. The summed E-state index contributed by atoms with van der Waals surface area (Å²) in [6.07, 6.45) is 0. The van der Waals surface area contributed by atoms with Crippen molar-refractivity contribution >= 4 is 23.2 Å². The van der Waals surface area contributed by atoms with E-state index in [0.29, 0.717) is 11.8 Å². The van der Waals surface area contributed by atoms with E-state index in [9.17, 15) is 18.4 Å². The standard InChI is InChI=1S/C16H14F2N2O2/c1-9-3-5-12(7-10(9)2)19-15(21)16(22)20-14-6-4-11(17)8-13(14)18/h3-8H,1-2H3,(H,19,21)(H,20,22). The zero-order chi connectivity index (χ0) is 16.3. The molecule has 0 aliphatic carbocycles. The SMILES string of the molecule is Cc1ccc(NC(=O)C(=O)Nc2ccc(F)cc2F)cc1C. The maximum Gasteiger partial charge on any atom is 0.314 e. The minimum Gasteiger partial charge on any atom is -0.318 e. The Kier molecular flexibility index (Phi) is 4.50. The first kappa shape index (κ1) is 15.6. The number of halogens is 2. The molecule has 2 N–H and O–H groups in total. The zero-order valence-electron chi connectivity index (χ0n) is 12.0. The van der Waals surface area contributed by atoms with Gasteiger partial charge in [-0.05, 0) is 49.2 Å². The summed E-state index contributed by atoms with van der Waals surface area (Å²) in [6.45, 7) is 3.80. The Labute approximate surface area is 126 Å². The highest BCUT2D eigenvalue weighted by molar-refractivity contribution is 6.43. The topological polar surface area (TPSA) is 58.2 Å². The molecule has 0 heterocycles. The maximum absolute atomic E-state index is 13.4. The molecule has 2 aromatic rings. The van der Waals surface area contributed by atoms with Crippen molar-refractivity contribution in [3.05, 3.63) is 59.2 Å². The number of anilines is 2. The van der Waals surface area contributed by atoms with Crippen LogP contribution in [0.15, 0.2) is 36.4 Å². The van der Waals surface area contributed by atoms with Crippen molar-refractivity contribution in [2.45, 2.75) is 13.8 Å². The quantitative estimate of drug-likeness (QED) is 0.837. The van der Waals surface area contributed by atoms with E-state index >= 15 is 0 Å². The Morgan fingerprint density at radius 3 is 2.18 bits per heavy atom. The van der Waals surface area contributed by atoms with Gasteiger partial charge in [0.15, 0.2) is 0 Å². The van der Waals surface area contributed by atoms with E-state index in [-0.39, 0.29) is 5.69 Å². The van der Waals surface area contributed by atoms with E-state index in [0.717, 1.165) is 23.3 Å². The summed E-state index contributed by atoms with van der Waals surface area (Å²) < 4.78 is 26.2. The Bertz CT molecular complexity index is 745. The Morgan fingerprint density at radius 1 is 0.864 bits per heavy atom. The number of nitrogens with one attached hydrogen (secondary N) is 2. The Morgan fingerprint density at radius 2 is 1.55 bits per heavy atom. The number of carbonyl (C=O) groups excluding carboxylic acids is 2. The fraction of sp³-hybridized carbons (Fsp3) is 0.125. The van der Waals surface area contributed by atoms with Crippen molar-refractivity contribution in [3.63, 3.8) is 0 Å². The molecule has 4 nitrogen and oxygen atoms in total. The van der Waals surface area contributed by atoms with E-state index in [4.69, 9.17) is 0 Å². The van der Waals surface area contributed by atoms with E-state index in [2.05, 4.69) is 10.6 Å². The molecule has 0 aliphatic heterocycles. The van der Waals surface area contributed by atoms with Gasteiger partial charge in [-0.1, -0.05) is 6.07 Å². The van der Waals surface area contributed by atoms with Crippen molar-refractivity contribution in [2.24, 2.45) is 0 Å². The summed E-state index contributed by atoms with van der Waals surface area (Å²) in [4.78, 5) is 23.5. The number of rotatable bonds is 2. The molecule has 2 aromatic carbocycles. The van der Waals surface area contributed by atoms with Crippen LogP contribution in [0.25, 0.3) is 0 Å². The van der Waals surface area contributed by atoms with Crippen molar-refractivity contribution in [1.29, 1.82) is 0 Å².